The van der Waals surface area contributed by atoms with Gasteiger partial charge in [-0.2, -0.15) is 0 Å². The number of nitrogens with one attached hydrogen (secondary N) is 2. The second kappa shape index (κ2) is 11.3. The number of amides is 1. The monoisotopic (exact) mass is 341 g/mol. The zero-order chi connectivity index (χ0) is 15.6. The van der Waals surface area contributed by atoms with Gasteiger partial charge in [-0.15, -0.1) is 12.4 Å². The van der Waals surface area contributed by atoms with Crippen LogP contribution in [0.15, 0.2) is 30.3 Å². The Hall–Kier alpha value is -1.30. The van der Waals surface area contributed by atoms with E-state index in [1.165, 1.54) is 12.8 Å². The second-order valence-corrected chi connectivity index (χ2v) is 5.81. The molecular formula is C17H28ClN3O2. The molecule has 2 rings (SSSR count). The number of likely N-dealkylation sites (tertiary alicyclic amines) is 1. The number of carbonyl (C=O) groups is 1. The minimum atomic E-state index is 0. The molecule has 2 N–H and O–H groups in total. The number of benzene rings is 1. The molecular weight excluding hydrogens is 314 g/mol. The molecule has 0 bridgehead atoms. The van der Waals surface area contributed by atoms with Crippen LogP contribution in [-0.4, -0.2) is 57.2 Å². The van der Waals surface area contributed by atoms with Gasteiger partial charge in [0.25, 0.3) is 0 Å². The summed E-state index contributed by atoms with van der Waals surface area (Å²) in [6.45, 7) is 4.59. The van der Waals surface area contributed by atoms with Crippen molar-refractivity contribution in [3.05, 3.63) is 30.3 Å². The van der Waals surface area contributed by atoms with Gasteiger partial charge in [0.2, 0.25) is 5.91 Å². The van der Waals surface area contributed by atoms with Crippen molar-refractivity contribution in [2.45, 2.75) is 12.8 Å². The Labute approximate surface area is 145 Å². The quantitative estimate of drug-likeness (QED) is 0.704. The maximum Gasteiger partial charge on any atom is 0.234 e. The Bertz CT molecular complexity index is 443. The molecule has 6 heteroatoms. The molecule has 0 aromatic heterocycles. The predicted octanol–water partition coefficient (Wildman–Crippen LogP) is 1.53. The molecule has 1 aliphatic heterocycles. The average molecular weight is 342 g/mol. The molecule has 0 saturated carbocycles. The van der Waals surface area contributed by atoms with Crippen molar-refractivity contribution in [1.29, 1.82) is 0 Å². The second-order valence-electron chi connectivity index (χ2n) is 5.81. The lowest BCUT2D eigenvalue weighted by Crippen LogP contribution is -2.44. The molecule has 1 aromatic carbocycles. The van der Waals surface area contributed by atoms with E-state index in [2.05, 4.69) is 15.5 Å². The number of hydrogen-bond acceptors (Lipinski definition) is 4. The Balaban J connectivity index is 0.00000264. The van der Waals surface area contributed by atoms with Crippen molar-refractivity contribution >= 4 is 18.3 Å². The van der Waals surface area contributed by atoms with Crippen molar-refractivity contribution in [2.75, 3.05) is 46.4 Å². The molecule has 1 unspecified atom stereocenters. The average Bonchev–Trinajstić information content (AvgIpc) is 2.53. The van der Waals surface area contributed by atoms with Crippen LogP contribution >= 0.6 is 12.4 Å². The molecule has 1 amide bonds. The first-order chi connectivity index (χ1) is 10.8. The minimum absolute atomic E-state index is 0. The standard InChI is InChI=1S/C17H27N3O2.ClH/c1-18-12-15-6-5-10-20(13-15)14-17(21)19-9-11-22-16-7-3-2-4-8-16;/h2-4,7-8,15,18H,5-6,9-14H2,1H3,(H,19,21);1H. The molecule has 1 aliphatic rings. The van der Waals surface area contributed by atoms with Crippen LogP contribution in [0.4, 0.5) is 0 Å². The van der Waals surface area contributed by atoms with Crippen LogP contribution in [0.25, 0.3) is 0 Å². The lowest BCUT2D eigenvalue weighted by Gasteiger charge is -2.32. The number of rotatable bonds is 8. The highest BCUT2D eigenvalue weighted by atomic mass is 35.5. The van der Waals surface area contributed by atoms with Gasteiger partial charge < -0.3 is 15.4 Å². The third-order valence-corrected chi connectivity index (χ3v) is 3.90. The summed E-state index contributed by atoms with van der Waals surface area (Å²) in [7, 11) is 1.98. The van der Waals surface area contributed by atoms with Crippen molar-refractivity contribution in [2.24, 2.45) is 5.92 Å². The molecule has 1 fully saturated rings. The fourth-order valence-electron chi connectivity index (χ4n) is 2.89. The molecule has 0 radical (unpaired) electrons. The van der Waals surface area contributed by atoms with E-state index >= 15 is 0 Å². The number of carbonyl (C=O) groups excluding carboxylic acids is 1. The molecule has 5 nitrogen and oxygen atoms in total. The summed E-state index contributed by atoms with van der Waals surface area (Å²) in [5.41, 5.74) is 0. The van der Waals surface area contributed by atoms with E-state index in [-0.39, 0.29) is 18.3 Å². The van der Waals surface area contributed by atoms with Gasteiger partial charge in [-0.25, -0.2) is 0 Å². The van der Waals surface area contributed by atoms with Gasteiger partial charge in [-0.1, -0.05) is 18.2 Å². The maximum absolute atomic E-state index is 12.0. The summed E-state index contributed by atoms with van der Waals surface area (Å²) in [5.74, 6) is 1.58. The van der Waals surface area contributed by atoms with Crippen LogP contribution in [0.3, 0.4) is 0 Å². The zero-order valence-corrected chi connectivity index (χ0v) is 14.6. The maximum atomic E-state index is 12.0. The van der Waals surface area contributed by atoms with Crippen molar-refractivity contribution < 1.29 is 9.53 Å². The lowest BCUT2D eigenvalue weighted by molar-refractivity contribution is -0.122. The largest absolute Gasteiger partial charge is 0.492 e. The van der Waals surface area contributed by atoms with E-state index in [0.29, 0.717) is 25.6 Å². The summed E-state index contributed by atoms with van der Waals surface area (Å²) in [5, 5.41) is 6.15. The highest BCUT2D eigenvalue weighted by Crippen LogP contribution is 2.15. The van der Waals surface area contributed by atoms with E-state index in [1.807, 2.05) is 37.4 Å². The molecule has 1 saturated heterocycles. The lowest BCUT2D eigenvalue weighted by atomic mass is 9.98. The number of hydrogen-bond donors (Lipinski definition) is 2. The van der Waals surface area contributed by atoms with Gasteiger partial charge in [0, 0.05) is 6.54 Å². The fraction of sp³-hybridized carbons (Fsp3) is 0.588. The first-order valence-electron chi connectivity index (χ1n) is 8.09. The number of halogens is 1. The minimum Gasteiger partial charge on any atom is -0.492 e. The fourth-order valence-corrected chi connectivity index (χ4v) is 2.89. The molecule has 0 aliphatic carbocycles. The van der Waals surface area contributed by atoms with Crippen LogP contribution < -0.4 is 15.4 Å². The number of nitrogens with zero attached hydrogens (tertiary/aromatic N) is 1. The van der Waals surface area contributed by atoms with Gasteiger partial charge in [0.15, 0.2) is 0 Å². The summed E-state index contributed by atoms with van der Waals surface area (Å²) in [6, 6.07) is 9.65. The van der Waals surface area contributed by atoms with Crippen molar-refractivity contribution in [3.8, 4) is 5.75 Å². The number of ether oxygens (including phenoxy) is 1. The Morgan fingerprint density at radius 2 is 2.13 bits per heavy atom. The SMILES string of the molecule is CNCC1CCCN(CC(=O)NCCOc2ccccc2)C1.Cl. The van der Waals surface area contributed by atoms with E-state index < -0.39 is 0 Å². The Morgan fingerprint density at radius 3 is 2.87 bits per heavy atom. The highest BCUT2D eigenvalue weighted by molar-refractivity contribution is 5.85. The van der Waals surface area contributed by atoms with Crippen LogP contribution in [0, 0.1) is 5.92 Å². The summed E-state index contributed by atoms with van der Waals surface area (Å²) in [6.07, 6.45) is 2.43. The van der Waals surface area contributed by atoms with E-state index in [9.17, 15) is 4.79 Å². The van der Waals surface area contributed by atoms with Crippen LogP contribution in [0.5, 0.6) is 5.75 Å². The molecule has 130 valence electrons. The first kappa shape index (κ1) is 19.7. The summed E-state index contributed by atoms with van der Waals surface area (Å²) < 4.78 is 5.56. The van der Waals surface area contributed by atoms with Crippen LogP contribution in [0.1, 0.15) is 12.8 Å². The molecule has 1 atom stereocenters. The Morgan fingerprint density at radius 1 is 1.35 bits per heavy atom. The predicted molar refractivity (Wildman–Crippen MR) is 95.3 cm³/mol. The van der Waals surface area contributed by atoms with Gasteiger partial charge in [-0.05, 0) is 51.0 Å². The third kappa shape index (κ3) is 7.68. The number of piperidine rings is 1. The first-order valence-corrected chi connectivity index (χ1v) is 8.09. The third-order valence-electron chi connectivity index (χ3n) is 3.90. The summed E-state index contributed by atoms with van der Waals surface area (Å²) >= 11 is 0. The van der Waals surface area contributed by atoms with Gasteiger partial charge >= 0.3 is 0 Å². The Kier molecular flexibility index (Phi) is 9.67. The number of para-hydroxylation sites is 1. The van der Waals surface area contributed by atoms with Crippen molar-refractivity contribution in [3.63, 3.8) is 0 Å². The zero-order valence-electron chi connectivity index (χ0n) is 13.8. The van der Waals surface area contributed by atoms with Crippen molar-refractivity contribution in [1.82, 2.24) is 15.5 Å². The van der Waals surface area contributed by atoms with E-state index in [4.69, 9.17) is 4.74 Å². The molecule has 0 spiro atoms. The highest BCUT2D eigenvalue weighted by Gasteiger charge is 2.20. The molecule has 1 aromatic rings. The normalized spacial score (nSPS) is 18.0. The van der Waals surface area contributed by atoms with Crippen LogP contribution in [0.2, 0.25) is 0 Å². The van der Waals surface area contributed by atoms with Gasteiger partial charge in [0.05, 0.1) is 13.1 Å². The molecule has 23 heavy (non-hydrogen) atoms. The van der Waals surface area contributed by atoms with Crippen LogP contribution in [-0.2, 0) is 4.79 Å². The molecule has 1 heterocycles. The van der Waals surface area contributed by atoms with E-state index in [1.54, 1.807) is 0 Å². The summed E-state index contributed by atoms with van der Waals surface area (Å²) in [4.78, 5) is 14.2. The van der Waals surface area contributed by atoms with E-state index in [0.717, 1.165) is 25.4 Å². The smallest absolute Gasteiger partial charge is 0.234 e. The van der Waals surface area contributed by atoms with Gasteiger partial charge in [0.1, 0.15) is 12.4 Å². The topological polar surface area (TPSA) is 53.6 Å². The van der Waals surface area contributed by atoms with Gasteiger partial charge in [-0.3, -0.25) is 9.69 Å².